The summed E-state index contributed by atoms with van der Waals surface area (Å²) in [6, 6.07) is 4.57. The zero-order valence-electron chi connectivity index (χ0n) is 15.9. The van der Waals surface area contributed by atoms with Gasteiger partial charge < -0.3 is 10.1 Å². The number of benzene rings is 1. The number of halogens is 3. The molecule has 0 spiro atoms. The second kappa shape index (κ2) is 6.56. The van der Waals surface area contributed by atoms with E-state index in [2.05, 4.69) is 15.2 Å². The van der Waals surface area contributed by atoms with Gasteiger partial charge in [0.2, 0.25) is 0 Å². The third kappa shape index (κ3) is 2.75. The third-order valence-corrected chi connectivity index (χ3v) is 5.74. The normalized spacial score (nSPS) is 18.7. The van der Waals surface area contributed by atoms with Crippen LogP contribution in [0.2, 0.25) is 0 Å². The Kier molecular flexibility index (Phi) is 4.07. The number of nitrogens with one attached hydrogen (secondary N) is 1. The monoisotopic (exact) mass is 414 g/mol. The first kappa shape index (κ1) is 18.6. The summed E-state index contributed by atoms with van der Waals surface area (Å²) in [5.74, 6) is -3.20. The highest BCUT2D eigenvalue weighted by molar-refractivity contribution is 5.62. The van der Waals surface area contributed by atoms with Crippen LogP contribution in [-0.2, 0) is 19.9 Å². The molecule has 0 saturated carbocycles. The number of hydrogen-bond donors (Lipinski definition) is 2. The van der Waals surface area contributed by atoms with E-state index in [1.165, 1.54) is 4.57 Å². The summed E-state index contributed by atoms with van der Waals surface area (Å²) in [6.07, 6.45) is 2.52. The Morgan fingerprint density at radius 1 is 1.13 bits per heavy atom. The van der Waals surface area contributed by atoms with Gasteiger partial charge in [0, 0.05) is 48.9 Å². The van der Waals surface area contributed by atoms with Crippen LogP contribution >= 0.6 is 0 Å². The lowest BCUT2D eigenvalue weighted by molar-refractivity contribution is 0.446. The van der Waals surface area contributed by atoms with Crippen LogP contribution in [0, 0.1) is 17.5 Å². The first-order valence-electron chi connectivity index (χ1n) is 9.35. The molecule has 7 nitrogen and oxygen atoms in total. The zero-order chi connectivity index (χ0) is 21.2. The number of nitrogens with two attached hydrogens (primary N) is 1. The van der Waals surface area contributed by atoms with Gasteiger partial charge in [0.1, 0.15) is 11.5 Å². The fourth-order valence-electron chi connectivity index (χ4n) is 4.16. The molecule has 3 aromatic heterocycles. The highest BCUT2D eigenvalue weighted by atomic mass is 19.2. The van der Waals surface area contributed by atoms with Gasteiger partial charge in [-0.25, -0.2) is 28.0 Å². The molecule has 0 amide bonds. The number of nitrogens with zero attached hydrogens (tertiary/aromatic N) is 4. The van der Waals surface area contributed by atoms with Crippen molar-refractivity contribution in [3.8, 4) is 11.4 Å². The van der Waals surface area contributed by atoms with Crippen molar-refractivity contribution in [2.24, 2.45) is 12.8 Å². The summed E-state index contributed by atoms with van der Waals surface area (Å²) in [6.45, 7) is 0. The van der Waals surface area contributed by atoms with E-state index in [0.29, 0.717) is 35.9 Å². The molecule has 0 aliphatic heterocycles. The Balaban J connectivity index is 1.57. The molecule has 0 bridgehead atoms. The number of fused-ring (bicyclic) bond motifs is 3. The van der Waals surface area contributed by atoms with Gasteiger partial charge in [0.05, 0.1) is 5.69 Å². The molecule has 1 aliphatic rings. The minimum Gasteiger partial charge on any atom is -0.327 e. The molecule has 1 aliphatic carbocycles. The maximum Gasteiger partial charge on any atom is 0.343 e. The Morgan fingerprint density at radius 3 is 2.63 bits per heavy atom. The highest BCUT2D eigenvalue weighted by Gasteiger charge is 2.33. The molecular weight excluding hydrogens is 397 g/mol. The lowest BCUT2D eigenvalue weighted by atomic mass is 9.80. The largest absolute Gasteiger partial charge is 0.343 e. The van der Waals surface area contributed by atoms with E-state index in [1.807, 2.05) is 16.7 Å². The summed E-state index contributed by atoms with van der Waals surface area (Å²) < 4.78 is 44.6. The fourth-order valence-corrected chi connectivity index (χ4v) is 4.16. The van der Waals surface area contributed by atoms with Gasteiger partial charge >= 0.3 is 5.69 Å². The Bertz CT molecular complexity index is 1350. The number of pyridine rings is 1. The van der Waals surface area contributed by atoms with Crippen molar-refractivity contribution in [1.82, 2.24) is 24.1 Å². The van der Waals surface area contributed by atoms with Crippen molar-refractivity contribution in [2.45, 2.75) is 24.8 Å². The van der Waals surface area contributed by atoms with Crippen LogP contribution in [0.5, 0.6) is 0 Å². The van der Waals surface area contributed by atoms with Crippen molar-refractivity contribution in [3.63, 3.8) is 0 Å². The average Bonchev–Trinajstić information content (AvgIpc) is 3.23. The molecule has 0 unspecified atom stereocenters. The van der Waals surface area contributed by atoms with Gasteiger partial charge in [-0.3, -0.25) is 4.57 Å². The van der Waals surface area contributed by atoms with Crippen molar-refractivity contribution in [1.29, 1.82) is 0 Å². The van der Waals surface area contributed by atoms with Gasteiger partial charge in [-0.05, 0) is 30.2 Å². The molecule has 30 heavy (non-hydrogen) atoms. The lowest BCUT2D eigenvalue weighted by Gasteiger charge is -2.29. The minimum absolute atomic E-state index is 0.0521. The van der Waals surface area contributed by atoms with Crippen LogP contribution in [0.15, 0.2) is 35.3 Å². The molecule has 0 fully saturated rings. The van der Waals surface area contributed by atoms with Crippen LogP contribution in [0.25, 0.3) is 17.0 Å². The molecule has 5 rings (SSSR count). The number of aromatic nitrogens is 5. The number of rotatable bonds is 2. The molecule has 3 N–H and O–H groups in total. The predicted molar refractivity (Wildman–Crippen MR) is 102 cm³/mol. The van der Waals surface area contributed by atoms with Gasteiger partial charge in [-0.1, -0.05) is 0 Å². The molecule has 154 valence electrons. The highest BCUT2D eigenvalue weighted by Crippen LogP contribution is 2.34. The second-order valence-electron chi connectivity index (χ2n) is 7.53. The number of aromatic amines is 1. The molecule has 2 atom stereocenters. The van der Waals surface area contributed by atoms with E-state index < -0.39 is 29.4 Å². The molecular formula is C20H17F3N6O. The van der Waals surface area contributed by atoms with Crippen LogP contribution in [-0.4, -0.2) is 30.2 Å². The van der Waals surface area contributed by atoms with Crippen LogP contribution < -0.4 is 11.4 Å². The minimum atomic E-state index is -1.23. The number of H-pyrrole nitrogens is 1. The first-order chi connectivity index (χ1) is 14.3. The van der Waals surface area contributed by atoms with E-state index in [1.54, 1.807) is 13.1 Å². The first-order valence-corrected chi connectivity index (χ1v) is 9.35. The van der Waals surface area contributed by atoms with Gasteiger partial charge in [0.25, 0.3) is 0 Å². The topological polar surface area (TPSA) is 94.0 Å². The van der Waals surface area contributed by atoms with Gasteiger partial charge in [-0.15, -0.1) is 0 Å². The smallest absolute Gasteiger partial charge is 0.327 e. The quantitative estimate of drug-likeness (QED) is 0.491. The molecule has 0 saturated heterocycles. The molecule has 0 radical (unpaired) electrons. The maximum atomic E-state index is 14.3. The van der Waals surface area contributed by atoms with Gasteiger partial charge in [-0.2, -0.15) is 5.10 Å². The van der Waals surface area contributed by atoms with Crippen LogP contribution in [0.3, 0.4) is 0 Å². The van der Waals surface area contributed by atoms with E-state index in [9.17, 15) is 18.0 Å². The lowest BCUT2D eigenvalue weighted by Crippen LogP contribution is -2.37. The van der Waals surface area contributed by atoms with Gasteiger partial charge in [0.15, 0.2) is 17.5 Å². The summed E-state index contributed by atoms with van der Waals surface area (Å²) in [5, 5.41) is 6.42. The fraction of sp³-hybridized carbons (Fsp3) is 0.250. The number of imidazole rings is 1. The van der Waals surface area contributed by atoms with Crippen LogP contribution in [0.1, 0.15) is 22.9 Å². The van der Waals surface area contributed by atoms with Crippen LogP contribution in [0.4, 0.5) is 13.2 Å². The average molecular weight is 414 g/mol. The SMILES string of the molecule is Cn1c(-c2ccn3c4c(nc3c2)C[C@H](c2cc(F)c(F)cc2F)[C@@H](N)C4)n[nH]c1=O. The molecule has 10 heteroatoms. The van der Waals surface area contributed by atoms with E-state index >= 15 is 0 Å². The molecule has 4 aromatic rings. The second-order valence-corrected chi connectivity index (χ2v) is 7.53. The summed E-state index contributed by atoms with van der Waals surface area (Å²) >= 11 is 0. The van der Waals surface area contributed by atoms with E-state index in [4.69, 9.17) is 5.73 Å². The molecule has 1 aromatic carbocycles. The Hall–Kier alpha value is -3.40. The Labute approximate surface area is 168 Å². The zero-order valence-corrected chi connectivity index (χ0v) is 15.9. The molecule has 3 heterocycles. The van der Waals surface area contributed by atoms with E-state index in [-0.39, 0.29) is 11.3 Å². The number of hydrogen-bond acceptors (Lipinski definition) is 4. The standard InChI is InChI=1S/C20H17F3N6O/c1-28-19(26-27-20(28)30)9-2-3-29-17-8-15(24)11(6-16(17)25-18(29)4-9)10-5-13(22)14(23)7-12(10)21/h2-5,7,11,15H,6,8,24H2,1H3,(H,27,30)/t11-,15+/m1/s1. The predicted octanol–water partition coefficient (Wildman–Crippen LogP) is 2.05. The maximum absolute atomic E-state index is 14.3. The summed E-state index contributed by atoms with van der Waals surface area (Å²) in [7, 11) is 1.61. The summed E-state index contributed by atoms with van der Waals surface area (Å²) in [4.78, 5) is 16.3. The van der Waals surface area contributed by atoms with Crippen molar-refractivity contribution < 1.29 is 13.2 Å². The van der Waals surface area contributed by atoms with E-state index in [0.717, 1.165) is 17.5 Å². The van der Waals surface area contributed by atoms with Crippen molar-refractivity contribution >= 4 is 5.65 Å². The third-order valence-electron chi connectivity index (χ3n) is 5.74. The van der Waals surface area contributed by atoms with Crippen molar-refractivity contribution in [3.05, 3.63) is 75.3 Å². The Morgan fingerprint density at radius 2 is 1.90 bits per heavy atom. The van der Waals surface area contributed by atoms with Crippen molar-refractivity contribution in [2.75, 3.05) is 0 Å². The summed E-state index contributed by atoms with van der Waals surface area (Å²) in [5.41, 5.74) is 8.98.